The minimum Gasteiger partial charge on any atom is -0.382 e. The number of hydrogen-bond acceptors (Lipinski definition) is 6. The number of tetrazole rings is 1. The molecule has 0 bridgehead atoms. The van der Waals surface area contributed by atoms with Gasteiger partial charge in [-0.3, -0.25) is 0 Å². The summed E-state index contributed by atoms with van der Waals surface area (Å²) >= 11 is 0. The van der Waals surface area contributed by atoms with Crippen molar-refractivity contribution >= 4 is 16.9 Å². The number of nitrogens with zero attached hydrogens (tertiary/aromatic N) is 4. The standard InChI is InChI=1S/C14H15N7/c1-9-2-3-10-6-12(4-5-13(10)17-9)16-8-11(7-15)14-18-20-21-19-14/h4-6,8-9,16-17H,2-3H2,1H3,(H,18,19,20,21). The van der Waals surface area contributed by atoms with Crippen molar-refractivity contribution in [1.29, 1.82) is 5.26 Å². The largest absolute Gasteiger partial charge is 0.382 e. The lowest BCUT2D eigenvalue weighted by Gasteiger charge is -2.24. The summed E-state index contributed by atoms with van der Waals surface area (Å²) in [6, 6.07) is 8.69. The van der Waals surface area contributed by atoms with Gasteiger partial charge in [0.05, 0.1) is 0 Å². The molecule has 0 aliphatic carbocycles. The summed E-state index contributed by atoms with van der Waals surface area (Å²) in [6.45, 7) is 2.18. The van der Waals surface area contributed by atoms with E-state index < -0.39 is 0 Å². The molecule has 2 heterocycles. The lowest BCUT2D eigenvalue weighted by molar-refractivity contribution is 0.681. The molecular formula is C14H15N7. The molecule has 1 aromatic heterocycles. The number of H-pyrrole nitrogens is 1. The Morgan fingerprint density at radius 2 is 2.43 bits per heavy atom. The monoisotopic (exact) mass is 281 g/mol. The van der Waals surface area contributed by atoms with E-state index in [2.05, 4.69) is 50.3 Å². The highest BCUT2D eigenvalue weighted by Crippen LogP contribution is 2.27. The van der Waals surface area contributed by atoms with Gasteiger partial charge in [0.2, 0.25) is 5.82 Å². The maximum Gasteiger partial charge on any atom is 0.216 e. The van der Waals surface area contributed by atoms with Gasteiger partial charge < -0.3 is 10.6 Å². The van der Waals surface area contributed by atoms with Crippen LogP contribution in [0.25, 0.3) is 5.57 Å². The zero-order chi connectivity index (χ0) is 14.7. The van der Waals surface area contributed by atoms with Gasteiger partial charge in [0.1, 0.15) is 11.6 Å². The average molecular weight is 281 g/mol. The second-order valence-corrected chi connectivity index (χ2v) is 5.01. The zero-order valence-electron chi connectivity index (χ0n) is 11.6. The SMILES string of the molecule is CC1CCc2cc(NC=C(C#N)c3nn[nH]n3)ccc2N1. The summed E-state index contributed by atoms with van der Waals surface area (Å²) in [6.07, 6.45) is 3.77. The van der Waals surface area contributed by atoms with Crippen LogP contribution in [0.4, 0.5) is 11.4 Å². The highest BCUT2D eigenvalue weighted by atomic mass is 15.5. The van der Waals surface area contributed by atoms with Crippen molar-refractivity contribution in [3.8, 4) is 6.07 Å². The van der Waals surface area contributed by atoms with Gasteiger partial charge in [-0.2, -0.15) is 10.5 Å². The molecule has 1 aliphatic heterocycles. The predicted octanol–water partition coefficient (Wildman–Crippen LogP) is 1.92. The molecule has 1 atom stereocenters. The Labute approximate surface area is 122 Å². The summed E-state index contributed by atoms with van der Waals surface area (Å²) in [5.41, 5.74) is 3.72. The highest BCUT2D eigenvalue weighted by molar-refractivity contribution is 5.74. The maximum absolute atomic E-state index is 9.11. The molecule has 2 aromatic rings. The number of nitrogens with one attached hydrogen (secondary N) is 3. The second kappa shape index (κ2) is 5.63. The molecule has 1 aliphatic rings. The smallest absolute Gasteiger partial charge is 0.216 e. The Hall–Kier alpha value is -2.88. The molecule has 0 fully saturated rings. The summed E-state index contributed by atoms with van der Waals surface area (Å²) in [7, 11) is 0. The van der Waals surface area contributed by atoms with Gasteiger partial charge in [0.15, 0.2) is 0 Å². The summed E-state index contributed by atoms with van der Waals surface area (Å²) in [4.78, 5) is 0. The van der Waals surface area contributed by atoms with Crippen LogP contribution in [0.2, 0.25) is 0 Å². The first-order chi connectivity index (χ1) is 10.3. The highest BCUT2D eigenvalue weighted by Gasteiger charge is 2.14. The van der Waals surface area contributed by atoms with Crippen LogP contribution in [0.3, 0.4) is 0 Å². The van der Waals surface area contributed by atoms with Gasteiger partial charge in [0, 0.05) is 23.6 Å². The van der Waals surface area contributed by atoms with Crippen LogP contribution in [0.15, 0.2) is 24.4 Å². The first-order valence-electron chi connectivity index (χ1n) is 6.76. The van der Waals surface area contributed by atoms with Crippen LogP contribution in [0.1, 0.15) is 24.7 Å². The molecule has 0 spiro atoms. The fourth-order valence-corrected chi connectivity index (χ4v) is 2.32. The number of nitriles is 1. The van der Waals surface area contributed by atoms with Crippen LogP contribution in [-0.4, -0.2) is 26.7 Å². The number of allylic oxidation sites excluding steroid dienone is 1. The summed E-state index contributed by atoms with van der Waals surface area (Å²) in [5, 5.41) is 29.0. The number of rotatable bonds is 3. The van der Waals surface area contributed by atoms with E-state index in [9.17, 15) is 0 Å². The third-order valence-electron chi connectivity index (χ3n) is 3.44. The van der Waals surface area contributed by atoms with Crippen LogP contribution >= 0.6 is 0 Å². The minimum absolute atomic E-state index is 0.276. The minimum atomic E-state index is 0.276. The topological polar surface area (TPSA) is 102 Å². The Morgan fingerprint density at radius 3 is 3.19 bits per heavy atom. The maximum atomic E-state index is 9.11. The van der Waals surface area contributed by atoms with E-state index in [1.807, 2.05) is 12.1 Å². The van der Waals surface area contributed by atoms with Crippen LogP contribution < -0.4 is 10.6 Å². The zero-order valence-corrected chi connectivity index (χ0v) is 11.6. The summed E-state index contributed by atoms with van der Waals surface area (Å²) < 4.78 is 0. The molecule has 1 unspecified atom stereocenters. The molecule has 0 saturated heterocycles. The van der Waals surface area contributed by atoms with Crippen molar-refractivity contribution in [3.63, 3.8) is 0 Å². The van der Waals surface area contributed by atoms with Crippen LogP contribution in [0.5, 0.6) is 0 Å². The number of benzene rings is 1. The molecule has 0 radical (unpaired) electrons. The molecule has 1 aromatic carbocycles. The first-order valence-corrected chi connectivity index (χ1v) is 6.76. The van der Waals surface area contributed by atoms with Gasteiger partial charge in [-0.05, 0) is 48.7 Å². The second-order valence-electron chi connectivity index (χ2n) is 5.01. The molecule has 106 valence electrons. The van der Waals surface area contributed by atoms with Crippen LogP contribution in [-0.2, 0) is 6.42 Å². The van der Waals surface area contributed by atoms with E-state index in [1.165, 1.54) is 11.3 Å². The van der Waals surface area contributed by atoms with Crippen LogP contribution in [0, 0.1) is 11.3 Å². The van der Waals surface area contributed by atoms with Gasteiger partial charge in [-0.25, -0.2) is 0 Å². The predicted molar refractivity (Wildman–Crippen MR) is 79.2 cm³/mol. The Morgan fingerprint density at radius 1 is 1.52 bits per heavy atom. The molecule has 7 nitrogen and oxygen atoms in total. The molecule has 3 rings (SSSR count). The van der Waals surface area contributed by atoms with E-state index in [0.29, 0.717) is 11.6 Å². The Kier molecular flexibility index (Phi) is 3.51. The molecule has 21 heavy (non-hydrogen) atoms. The molecular weight excluding hydrogens is 266 g/mol. The van der Waals surface area contributed by atoms with E-state index in [4.69, 9.17) is 5.26 Å². The first kappa shape index (κ1) is 13.1. The number of aromatic nitrogens is 4. The lowest BCUT2D eigenvalue weighted by Crippen LogP contribution is -2.21. The third-order valence-corrected chi connectivity index (χ3v) is 3.44. The van der Waals surface area contributed by atoms with E-state index in [1.54, 1.807) is 6.20 Å². The number of aryl methyl sites for hydroxylation is 1. The molecule has 7 heteroatoms. The normalized spacial score (nSPS) is 17.5. The Bertz CT molecular complexity index is 697. The number of aromatic amines is 1. The number of hydrogen-bond donors (Lipinski definition) is 3. The third kappa shape index (κ3) is 2.84. The van der Waals surface area contributed by atoms with Gasteiger partial charge >= 0.3 is 0 Å². The van der Waals surface area contributed by atoms with Crippen molar-refractivity contribution < 1.29 is 0 Å². The summed E-state index contributed by atoms with van der Waals surface area (Å²) in [5.74, 6) is 0.276. The quantitative estimate of drug-likeness (QED) is 0.743. The van der Waals surface area contributed by atoms with Crippen molar-refractivity contribution in [1.82, 2.24) is 20.6 Å². The van der Waals surface area contributed by atoms with E-state index in [-0.39, 0.29) is 5.82 Å². The van der Waals surface area contributed by atoms with Crippen molar-refractivity contribution in [2.45, 2.75) is 25.8 Å². The number of anilines is 2. The molecule has 0 amide bonds. The average Bonchev–Trinajstić information content (AvgIpc) is 3.02. The van der Waals surface area contributed by atoms with E-state index in [0.717, 1.165) is 18.5 Å². The van der Waals surface area contributed by atoms with Crippen molar-refractivity contribution in [3.05, 3.63) is 35.8 Å². The number of fused-ring (bicyclic) bond motifs is 1. The Balaban J connectivity index is 1.78. The fraction of sp³-hybridized carbons (Fsp3) is 0.286. The molecule has 0 saturated carbocycles. The van der Waals surface area contributed by atoms with Gasteiger partial charge in [0.25, 0.3) is 0 Å². The van der Waals surface area contributed by atoms with Gasteiger partial charge in [-0.15, -0.1) is 10.2 Å². The van der Waals surface area contributed by atoms with Crippen molar-refractivity contribution in [2.24, 2.45) is 0 Å². The van der Waals surface area contributed by atoms with E-state index >= 15 is 0 Å². The van der Waals surface area contributed by atoms with Gasteiger partial charge in [-0.1, -0.05) is 0 Å². The fourth-order valence-electron chi connectivity index (χ4n) is 2.32. The lowest BCUT2D eigenvalue weighted by atomic mass is 9.98. The van der Waals surface area contributed by atoms with Crippen molar-refractivity contribution in [2.75, 3.05) is 10.6 Å². The molecule has 3 N–H and O–H groups in total.